The molecule has 0 unspecified atom stereocenters. The van der Waals surface area contributed by atoms with E-state index in [2.05, 4.69) is 0 Å². The number of carboxylic acid groups (broad SMARTS) is 1. The van der Waals surface area contributed by atoms with Crippen LogP contribution in [0.5, 0.6) is 0 Å². The minimum atomic E-state index is -0.991. The largest absolute Gasteiger partial charge is 0.478 e. The number of anilines is 1. The number of halogens is 1. The molecule has 1 heterocycles. The summed E-state index contributed by atoms with van der Waals surface area (Å²) in [6.07, 6.45) is 0.695. The summed E-state index contributed by atoms with van der Waals surface area (Å²) in [4.78, 5) is 26.6. The number of para-hydroxylation sites is 1. The first-order chi connectivity index (χ1) is 14.0. The molecule has 1 amide bonds. The molecule has 1 fully saturated rings. The van der Waals surface area contributed by atoms with Crippen molar-refractivity contribution in [3.8, 4) is 0 Å². The van der Waals surface area contributed by atoms with Crippen LogP contribution in [0.4, 0.5) is 10.1 Å². The quantitative estimate of drug-likeness (QED) is 0.717. The van der Waals surface area contributed by atoms with Crippen LogP contribution in [-0.4, -0.2) is 17.0 Å². The van der Waals surface area contributed by atoms with Crippen LogP contribution in [-0.2, 0) is 16.8 Å². The highest BCUT2D eigenvalue weighted by atomic mass is 19.1. The molecule has 5 rings (SSSR count). The topological polar surface area (TPSA) is 57.6 Å². The summed E-state index contributed by atoms with van der Waals surface area (Å²) < 4.78 is 13.3. The van der Waals surface area contributed by atoms with Crippen LogP contribution in [0, 0.1) is 5.82 Å². The molecule has 2 atom stereocenters. The molecule has 29 heavy (non-hydrogen) atoms. The van der Waals surface area contributed by atoms with Crippen molar-refractivity contribution in [2.24, 2.45) is 0 Å². The number of fused-ring (bicyclic) bond motifs is 2. The first kappa shape index (κ1) is 17.6. The Kier molecular flexibility index (Phi) is 3.81. The summed E-state index contributed by atoms with van der Waals surface area (Å²) >= 11 is 0. The Labute approximate surface area is 167 Å². The maximum Gasteiger partial charge on any atom is 0.335 e. The first-order valence-electron chi connectivity index (χ1n) is 9.50. The first-order valence-corrected chi connectivity index (χ1v) is 9.50. The van der Waals surface area contributed by atoms with Crippen molar-refractivity contribution >= 4 is 17.6 Å². The maximum atomic E-state index is 13.6. The molecule has 1 spiro atoms. The van der Waals surface area contributed by atoms with Crippen molar-refractivity contribution in [1.82, 2.24) is 0 Å². The lowest BCUT2D eigenvalue weighted by Crippen LogP contribution is -2.32. The second kappa shape index (κ2) is 6.27. The van der Waals surface area contributed by atoms with Crippen molar-refractivity contribution in [3.05, 3.63) is 101 Å². The van der Waals surface area contributed by atoms with Gasteiger partial charge in [-0.15, -0.1) is 0 Å². The number of amides is 1. The number of benzene rings is 3. The Hall–Kier alpha value is -3.47. The van der Waals surface area contributed by atoms with Gasteiger partial charge in [0.25, 0.3) is 0 Å². The van der Waals surface area contributed by atoms with Crippen molar-refractivity contribution in [2.75, 3.05) is 4.90 Å². The van der Waals surface area contributed by atoms with E-state index in [4.69, 9.17) is 0 Å². The molecule has 1 N–H and O–H groups in total. The molecule has 1 aliphatic carbocycles. The maximum absolute atomic E-state index is 13.6. The summed E-state index contributed by atoms with van der Waals surface area (Å²) in [6.45, 7) is 0.314. The Morgan fingerprint density at radius 1 is 1.07 bits per heavy atom. The molecule has 144 valence electrons. The SMILES string of the molecule is O=C(O)c1cccc(CN2C(=O)[C@]3(C[C@H]3c3ccc(F)cc3)c3ccccc32)c1. The molecule has 0 aromatic heterocycles. The molecule has 3 aromatic carbocycles. The highest BCUT2D eigenvalue weighted by molar-refractivity contribution is 6.11. The van der Waals surface area contributed by atoms with Gasteiger partial charge in [0.15, 0.2) is 0 Å². The van der Waals surface area contributed by atoms with Crippen molar-refractivity contribution < 1.29 is 19.1 Å². The van der Waals surface area contributed by atoms with Gasteiger partial charge in [-0.3, -0.25) is 4.79 Å². The van der Waals surface area contributed by atoms with E-state index in [-0.39, 0.29) is 23.2 Å². The fraction of sp³-hybridized carbons (Fsp3) is 0.167. The van der Waals surface area contributed by atoms with Gasteiger partial charge < -0.3 is 10.0 Å². The second-order valence-electron chi connectivity index (χ2n) is 7.69. The minimum absolute atomic E-state index is 0.0205. The zero-order chi connectivity index (χ0) is 20.2. The van der Waals surface area contributed by atoms with E-state index >= 15 is 0 Å². The average Bonchev–Trinajstić information content (AvgIpc) is 3.44. The Balaban J connectivity index is 1.51. The Morgan fingerprint density at radius 2 is 1.83 bits per heavy atom. The fourth-order valence-electron chi connectivity index (χ4n) is 4.59. The van der Waals surface area contributed by atoms with Gasteiger partial charge in [0, 0.05) is 11.6 Å². The number of carbonyl (C=O) groups excluding carboxylic acids is 1. The highest BCUT2D eigenvalue weighted by Crippen LogP contribution is 2.66. The summed E-state index contributed by atoms with van der Waals surface area (Å²) in [5.74, 6) is -1.24. The third kappa shape index (κ3) is 2.65. The molecule has 1 saturated carbocycles. The molecule has 4 nitrogen and oxygen atoms in total. The molecule has 2 aliphatic rings. The molecule has 5 heteroatoms. The van der Waals surface area contributed by atoms with Gasteiger partial charge in [0.1, 0.15) is 5.82 Å². The monoisotopic (exact) mass is 387 g/mol. The van der Waals surface area contributed by atoms with Crippen LogP contribution in [0.2, 0.25) is 0 Å². The van der Waals surface area contributed by atoms with E-state index in [0.717, 1.165) is 22.4 Å². The third-order valence-corrected chi connectivity index (χ3v) is 6.05. The van der Waals surface area contributed by atoms with Crippen LogP contribution in [0.1, 0.15) is 39.4 Å². The lowest BCUT2D eigenvalue weighted by molar-refractivity contribution is -0.120. The van der Waals surface area contributed by atoms with Gasteiger partial charge in [0.05, 0.1) is 17.5 Å². The van der Waals surface area contributed by atoms with Gasteiger partial charge >= 0.3 is 5.97 Å². The predicted molar refractivity (Wildman–Crippen MR) is 106 cm³/mol. The summed E-state index contributed by atoms with van der Waals surface area (Å²) in [6, 6.07) is 20.8. The van der Waals surface area contributed by atoms with E-state index in [9.17, 15) is 19.1 Å². The van der Waals surface area contributed by atoms with E-state index < -0.39 is 11.4 Å². The smallest absolute Gasteiger partial charge is 0.335 e. The summed E-state index contributed by atoms with van der Waals surface area (Å²) in [5, 5.41) is 9.25. The standard InChI is InChI=1S/C24H18FNO3/c25-18-10-8-16(9-11-18)20-13-24(20)19-6-1-2-7-21(19)26(23(24)29)14-15-4-3-5-17(12-15)22(27)28/h1-12,20H,13-14H2,(H,27,28)/t20-,24+/m0/s1. The van der Waals surface area contributed by atoms with Crippen molar-refractivity contribution in [1.29, 1.82) is 0 Å². The highest BCUT2D eigenvalue weighted by Gasteiger charge is 2.67. The molecular formula is C24H18FNO3. The van der Waals surface area contributed by atoms with Gasteiger partial charge in [-0.25, -0.2) is 9.18 Å². The predicted octanol–water partition coefficient (Wildman–Crippen LogP) is 4.50. The van der Waals surface area contributed by atoms with Crippen LogP contribution < -0.4 is 4.90 Å². The van der Waals surface area contributed by atoms with E-state index in [1.807, 2.05) is 30.3 Å². The zero-order valence-electron chi connectivity index (χ0n) is 15.5. The van der Waals surface area contributed by atoms with Crippen LogP contribution >= 0.6 is 0 Å². The molecule has 3 aromatic rings. The Bertz CT molecular complexity index is 1140. The average molecular weight is 387 g/mol. The van der Waals surface area contributed by atoms with Gasteiger partial charge in [0.2, 0.25) is 5.91 Å². The van der Waals surface area contributed by atoms with E-state index in [1.165, 1.54) is 12.1 Å². The molecule has 0 radical (unpaired) electrons. The van der Waals surface area contributed by atoms with Crippen LogP contribution in [0.25, 0.3) is 0 Å². The molecule has 0 saturated heterocycles. The number of carboxylic acids is 1. The second-order valence-corrected chi connectivity index (χ2v) is 7.69. The molecular weight excluding hydrogens is 369 g/mol. The van der Waals surface area contributed by atoms with Gasteiger partial charge in [-0.2, -0.15) is 0 Å². The number of hydrogen-bond donors (Lipinski definition) is 1. The minimum Gasteiger partial charge on any atom is -0.478 e. The summed E-state index contributed by atoms with van der Waals surface area (Å²) in [5.41, 5.74) is 3.18. The fourth-order valence-corrected chi connectivity index (χ4v) is 4.59. The van der Waals surface area contributed by atoms with E-state index in [0.29, 0.717) is 13.0 Å². The van der Waals surface area contributed by atoms with Gasteiger partial charge in [-0.05, 0) is 53.4 Å². The van der Waals surface area contributed by atoms with Crippen molar-refractivity contribution in [2.45, 2.75) is 24.3 Å². The number of rotatable bonds is 4. The van der Waals surface area contributed by atoms with E-state index in [1.54, 1.807) is 35.2 Å². The van der Waals surface area contributed by atoms with Crippen LogP contribution in [0.15, 0.2) is 72.8 Å². The summed E-state index contributed by atoms with van der Waals surface area (Å²) in [7, 11) is 0. The normalized spacial score (nSPS) is 22.0. The zero-order valence-corrected chi connectivity index (χ0v) is 15.5. The van der Waals surface area contributed by atoms with Crippen LogP contribution in [0.3, 0.4) is 0 Å². The number of carbonyl (C=O) groups is 2. The lowest BCUT2D eigenvalue weighted by Gasteiger charge is -2.19. The molecule has 0 bridgehead atoms. The number of aromatic carboxylic acids is 1. The van der Waals surface area contributed by atoms with Gasteiger partial charge in [-0.1, -0.05) is 42.5 Å². The third-order valence-electron chi connectivity index (χ3n) is 6.05. The lowest BCUT2D eigenvalue weighted by atomic mass is 9.92. The van der Waals surface area contributed by atoms with Crippen molar-refractivity contribution in [3.63, 3.8) is 0 Å². The number of hydrogen-bond acceptors (Lipinski definition) is 2. The molecule has 1 aliphatic heterocycles. The Morgan fingerprint density at radius 3 is 2.59 bits per heavy atom. The number of nitrogens with zero attached hydrogens (tertiary/aromatic N) is 1.